The number of methoxy groups -OCH3 is 1. The number of benzene rings is 1. The summed E-state index contributed by atoms with van der Waals surface area (Å²) in [6, 6.07) is 3.94. The highest BCUT2D eigenvalue weighted by atomic mass is 32.1. The lowest BCUT2D eigenvalue weighted by atomic mass is 9.89. The molecule has 28 heavy (non-hydrogen) atoms. The minimum atomic E-state index is -0.773. The highest BCUT2D eigenvalue weighted by Gasteiger charge is 2.32. The number of hydrogen-bond donors (Lipinski definition) is 2. The second-order valence-electron chi connectivity index (χ2n) is 7.08. The average molecular weight is 404 g/mol. The van der Waals surface area contributed by atoms with Gasteiger partial charge in [0.05, 0.1) is 18.6 Å². The number of hydrogen-bond acceptors (Lipinski definition) is 5. The first-order valence-electron chi connectivity index (χ1n) is 8.89. The minimum Gasteiger partial charge on any atom is -0.465 e. The number of ether oxygens (including phenoxy) is 1. The third-order valence-corrected chi connectivity index (χ3v) is 5.44. The summed E-state index contributed by atoms with van der Waals surface area (Å²) in [4.78, 5) is 37.2. The van der Waals surface area contributed by atoms with Crippen molar-refractivity contribution in [1.29, 1.82) is 0 Å². The summed E-state index contributed by atoms with van der Waals surface area (Å²) < 4.78 is 18.4. The molecular weight excluding hydrogens is 383 g/mol. The fourth-order valence-electron chi connectivity index (χ4n) is 3.27. The number of carbonyl (C=O) groups is 3. The molecule has 1 atom stereocenters. The number of thiophene rings is 1. The maximum atomic E-state index is 13.5. The molecule has 1 aromatic heterocycles. The van der Waals surface area contributed by atoms with Crippen molar-refractivity contribution in [3.05, 3.63) is 46.1 Å². The Balaban J connectivity index is 1.91. The van der Waals surface area contributed by atoms with Crippen molar-refractivity contribution >= 4 is 39.8 Å². The van der Waals surface area contributed by atoms with E-state index in [1.807, 2.05) is 19.2 Å². The van der Waals surface area contributed by atoms with Crippen LogP contribution in [0.1, 0.15) is 47.7 Å². The summed E-state index contributed by atoms with van der Waals surface area (Å²) in [5, 5.41) is 7.58. The molecule has 3 rings (SSSR count). The number of rotatable bonds is 5. The van der Waals surface area contributed by atoms with Crippen LogP contribution in [-0.4, -0.2) is 24.9 Å². The van der Waals surface area contributed by atoms with Crippen molar-refractivity contribution in [1.82, 2.24) is 0 Å². The zero-order valence-electron chi connectivity index (χ0n) is 15.8. The van der Waals surface area contributed by atoms with Crippen molar-refractivity contribution in [2.24, 2.45) is 5.92 Å². The molecule has 2 heterocycles. The van der Waals surface area contributed by atoms with E-state index in [0.29, 0.717) is 28.5 Å². The van der Waals surface area contributed by atoms with Crippen LogP contribution in [0.2, 0.25) is 0 Å². The maximum Gasteiger partial charge on any atom is 0.341 e. The van der Waals surface area contributed by atoms with E-state index in [0.717, 1.165) is 5.56 Å². The molecule has 0 fully saturated rings. The topological polar surface area (TPSA) is 84.5 Å². The second-order valence-corrected chi connectivity index (χ2v) is 7.96. The first-order chi connectivity index (χ1) is 13.3. The third-order valence-electron chi connectivity index (χ3n) is 4.49. The summed E-state index contributed by atoms with van der Waals surface area (Å²) in [6.45, 7) is 4.07. The highest BCUT2D eigenvalue weighted by molar-refractivity contribution is 7.15. The van der Waals surface area contributed by atoms with Gasteiger partial charge in [0, 0.05) is 12.1 Å². The Morgan fingerprint density at radius 3 is 2.82 bits per heavy atom. The van der Waals surface area contributed by atoms with Crippen LogP contribution in [0.15, 0.2) is 23.6 Å². The van der Waals surface area contributed by atoms with E-state index < -0.39 is 23.6 Å². The lowest BCUT2D eigenvalue weighted by molar-refractivity contribution is -0.123. The lowest BCUT2D eigenvalue weighted by Gasteiger charge is -2.24. The normalized spacial score (nSPS) is 15.8. The summed E-state index contributed by atoms with van der Waals surface area (Å²) in [6.07, 6.45) is 0.618. The Bertz CT molecular complexity index is 938. The van der Waals surface area contributed by atoms with Gasteiger partial charge in [-0.3, -0.25) is 9.59 Å². The van der Waals surface area contributed by atoms with Crippen molar-refractivity contribution < 1.29 is 23.5 Å². The molecular formula is C20H21FN2O4S. The van der Waals surface area contributed by atoms with Crippen molar-refractivity contribution in [2.75, 3.05) is 17.7 Å². The molecule has 0 spiro atoms. The molecule has 8 heteroatoms. The quantitative estimate of drug-likeness (QED) is 0.740. The smallest absolute Gasteiger partial charge is 0.341 e. The van der Waals surface area contributed by atoms with Gasteiger partial charge in [-0.1, -0.05) is 19.9 Å². The van der Waals surface area contributed by atoms with Gasteiger partial charge in [0.1, 0.15) is 10.8 Å². The molecule has 1 aliphatic rings. The van der Waals surface area contributed by atoms with E-state index in [1.54, 1.807) is 0 Å². The van der Waals surface area contributed by atoms with Gasteiger partial charge in [-0.25, -0.2) is 9.18 Å². The molecule has 1 aromatic carbocycles. The van der Waals surface area contributed by atoms with Crippen molar-refractivity contribution in [2.45, 2.75) is 32.6 Å². The van der Waals surface area contributed by atoms with Crippen LogP contribution in [0.4, 0.5) is 15.1 Å². The molecule has 0 bridgehead atoms. The Hall–Kier alpha value is -2.74. The zero-order chi connectivity index (χ0) is 20.4. The number of anilines is 2. The molecule has 0 aliphatic carbocycles. The highest BCUT2D eigenvalue weighted by Crippen LogP contribution is 2.36. The third kappa shape index (κ3) is 4.06. The molecule has 6 nitrogen and oxygen atoms in total. The van der Waals surface area contributed by atoms with Crippen LogP contribution in [0, 0.1) is 11.7 Å². The Morgan fingerprint density at radius 1 is 1.39 bits per heavy atom. The van der Waals surface area contributed by atoms with Crippen LogP contribution in [0.25, 0.3) is 0 Å². The molecule has 2 aromatic rings. The van der Waals surface area contributed by atoms with Crippen LogP contribution in [-0.2, 0) is 20.7 Å². The molecule has 0 saturated carbocycles. The van der Waals surface area contributed by atoms with Gasteiger partial charge in [0.25, 0.3) is 0 Å². The van der Waals surface area contributed by atoms with Crippen molar-refractivity contribution in [3.8, 4) is 0 Å². The lowest BCUT2D eigenvalue weighted by Crippen LogP contribution is -2.31. The van der Waals surface area contributed by atoms with Crippen LogP contribution in [0.5, 0.6) is 0 Å². The summed E-state index contributed by atoms with van der Waals surface area (Å²) >= 11 is 1.25. The van der Waals surface area contributed by atoms with E-state index in [1.165, 1.54) is 36.6 Å². The molecule has 0 saturated heterocycles. The number of carbonyl (C=O) groups excluding carboxylic acids is 3. The summed E-state index contributed by atoms with van der Waals surface area (Å²) in [7, 11) is 1.29. The van der Waals surface area contributed by atoms with Gasteiger partial charge < -0.3 is 15.4 Å². The van der Waals surface area contributed by atoms with E-state index in [-0.39, 0.29) is 18.0 Å². The Kier molecular flexibility index (Phi) is 5.79. The van der Waals surface area contributed by atoms with Crippen LogP contribution in [0.3, 0.4) is 0 Å². The average Bonchev–Trinajstić information content (AvgIpc) is 3.01. The van der Waals surface area contributed by atoms with Crippen molar-refractivity contribution in [3.63, 3.8) is 0 Å². The zero-order valence-corrected chi connectivity index (χ0v) is 16.6. The number of nitrogens with one attached hydrogen (secondary N) is 2. The molecule has 2 N–H and O–H groups in total. The van der Waals surface area contributed by atoms with Gasteiger partial charge in [-0.2, -0.15) is 0 Å². The number of esters is 1. The maximum absolute atomic E-state index is 13.5. The summed E-state index contributed by atoms with van der Waals surface area (Å²) in [5.74, 6) is -2.25. The van der Waals surface area contributed by atoms with Gasteiger partial charge in [-0.05, 0) is 41.0 Å². The molecule has 148 valence electrons. The van der Waals surface area contributed by atoms with Gasteiger partial charge in [-0.15, -0.1) is 11.3 Å². The van der Waals surface area contributed by atoms with Gasteiger partial charge in [0.2, 0.25) is 11.8 Å². The minimum absolute atomic E-state index is 0.0533. The molecule has 1 unspecified atom stereocenters. The molecule has 2 amide bonds. The van der Waals surface area contributed by atoms with E-state index in [4.69, 9.17) is 4.74 Å². The van der Waals surface area contributed by atoms with E-state index in [2.05, 4.69) is 10.6 Å². The second kappa shape index (κ2) is 8.10. The standard InChI is InChI=1S/C20H21FN2O4S/c1-10(2)6-11-9-28-19(17(11)20(26)27-3)23-18(25)14-8-16(24)22-15-7-12(21)4-5-13(14)15/h4-5,7,9-10,14H,6,8H2,1-3H3,(H,22,24)(H,23,25). The summed E-state index contributed by atoms with van der Waals surface area (Å²) in [5.41, 5.74) is 1.98. The number of halogens is 1. The fraction of sp³-hybridized carbons (Fsp3) is 0.350. The Labute approximate surface area is 166 Å². The predicted molar refractivity (Wildman–Crippen MR) is 105 cm³/mol. The molecule has 0 radical (unpaired) electrons. The van der Waals surface area contributed by atoms with E-state index >= 15 is 0 Å². The van der Waals surface area contributed by atoms with Crippen LogP contribution >= 0.6 is 11.3 Å². The number of fused-ring (bicyclic) bond motifs is 1. The molecule has 1 aliphatic heterocycles. The SMILES string of the molecule is COC(=O)c1c(CC(C)C)csc1NC(=O)C1CC(=O)Nc2cc(F)ccc21. The fourth-order valence-corrected chi connectivity index (χ4v) is 4.24. The van der Waals surface area contributed by atoms with Gasteiger partial charge in [0.15, 0.2) is 0 Å². The van der Waals surface area contributed by atoms with Gasteiger partial charge >= 0.3 is 5.97 Å². The monoisotopic (exact) mass is 404 g/mol. The number of amides is 2. The first-order valence-corrected chi connectivity index (χ1v) is 9.77. The largest absolute Gasteiger partial charge is 0.465 e. The Morgan fingerprint density at radius 2 is 2.14 bits per heavy atom. The van der Waals surface area contributed by atoms with E-state index in [9.17, 15) is 18.8 Å². The predicted octanol–water partition coefficient (Wildman–Crippen LogP) is 3.94. The van der Waals surface area contributed by atoms with Crippen LogP contribution < -0.4 is 10.6 Å². The first kappa shape index (κ1) is 20.0.